The van der Waals surface area contributed by atoms with E-state index in [2.05, 4.69) is 14.8 Å². The minimum absolute atomic E-state index is 0.347. The first-order chi connectivity index (χ1) is 8.11. The van der Waals surface area contributed by atoms with Gasteiger partial charge in [-0.2, -0.15) is 5.10 Å². The van der Waals surface area contributed by atoms with Gasteiger partial charge in [0.15, 0.2) is 5.69 Å². The average Bonchev–Trinajstić information content (AvgIpc) is 2.75. The fraction of sp³-hybridized carbons (Fsp3) is 0.250. The standard InChI is InChI=1S/C12H13N3O2/c1-8-4-9(10-6-14-15(2)7-10)5-13-11(8)12(16)17-3/h4-7H,1-3H3. The van der Waals surface area contributed by atoms with Crippen LogP contribution in [0.3, 0.4) is 0 Å². The zero-order valence-corrected chi connectivity index (χ0v) is 9.97. The lowest BCUT2D eigenvalue weighted by Crippen LogP contribution is -2.06. The van der Waals surface area contributed by atoms with Gasteiger partial charge in [-0.1, -0.05) is 0 Å². The van der Waals surface area contributed by atoms with Crippen molar-refractivity contribution in [3.05, 3.63) is 35.9 Å². The summed E-state index contributed by atoms with van der Waals surface area (Å²) in [5, 5.41) is 4.09. The Bertz CT molecular complexity index is 561. The van der Waals surface area contributed by atoms with Gasteiger partial charge in [-0.15, -0.1) is 0 Å². The topological polar surface area (TPSA) is 57.0 Å². The van der Waals surface area contributed by atoms with E-state index in [1.54, 1.807) is 17.1 Å². The fourth-order valence-corrected chi connectivity index (χ4v) is 1.61. The van der Waals surface area contributed by atoms with Gasteiger partial charge in [0.25, 0.3) is 0 Å². The number of aryl methyl sites for hydroxylation is 2. The number of rotatable bonds is 2. The smallest absolute Gasteiger partial charge is 0.356 e. The maximum atomic E-state index is 11.4. The summed E-state index contributed by atoms with van der Waals surface area (Å²) in [5.41, 5.74) is 3.04. The van der Waals surface area contributed by atoms with Crippen molar-refractivity contribution >= 4 is 5.97 Å². The Morgan fingerprint density at radius 2 is 2.12 bits per heavy atom. The molecule has 88 valence electrons. The lowest BCUT2D eigenvalue weighted by molar-refractivity contribution is 0.0593. The molecule has 0 aromatic carbocycles. The van der Waals surface area contributed by atoms with Gasteiger partial charge >= 0.3 is 5.97 Å². The Balaban J connectivity index is 2.40. The summed E-state index contributed by atoms with van der Waals surface area (Å²) in [7, 11) is 3.20. The van der Waals surface area contributed by atoms with E-state index < -0.39 is 5.97 Å². The number of carbonyl (C=O) groups is 1. The molecule has 17 heavy (non-hydrogen) atoms. The molecule has 2 aromatic heterocycles. The first-order valence-corrected chi connectivity index (χ1v) is 5.16. The molecule has 2 heterocycles. The maximum absolute atomic E-state index is 11.4. The summed E-state index contributed by atoms with van der Waals surface area (Å²) >= 11 is 0. The molecule has 0 aliphatic carbocycles. The summed E-state index contributed by atoms with van der Waals surface area (Å²) in [6.45, 7) is 1.83. The van der Waals surface area contributed by atoms with Crippen molar-refractivity contribution in [2.45, 2.75) is 6.92 Å². The minimum Gasteiger partial charge on any atom is -0.464 e. The molecule has 0 spiro atoms. The second-order valence-corrected chi connectivity index (χ2v) is 3.78. The van der Waals surface area contributed by atoms with E-state index in [1.165, 1.54) is 7.11 Å². The monoisotopic (exact) mass is 231 g/mol. The van der Waals surface area contributed by atoms with Crippen molar-refractivity contribution in [1.29, 1.82) is 0 Å². The zero-order chi connectivity index (χ0) is 12.4. The normalized spacial score (nSPS) is 10.3. The molecule has 0 aliphatic heterocycles. The first kappa shape index (κ1) is 11.3. The second kappa shape index (κ2) is 4.37. The zero-order valence-electron chi connectivity index (χ0n) is 9.97. The van der Waals surface area contributed by atoms with Gasteiger partial charge in [0, 0.05) is 30.6 Å². The molecule has 0 fully saturated rings. The number of aromatic nitrogens is 3. The number of ether oxygens (including phenoxy) is 1. The van der Waals surface area contributed by atoms with Crippen LogP contribution in [-0.2, 0) is 11.8 Å². The SMILES string of the molecule is COC(=O)c1ncc(-c2cnn(C)c2)cc1C. The van der Waals surface area contributed by atoms with Crippen molar-refractivity contribution in [3.8, 4) is 11.1 Å². The second-order valence-electron chi connectivity index (χ2n) is 3.78. The van der Waals surface area contributed by atoms with Gasteiger partial charge < -0.3 is 4.74 Å². The molecular formula is C12H13N3O2. The Hall–Kier alpha value is -2.17. The largest absolute Gasteiger partial charge is 0.464 e. The van der Waals surface area contributed by atoms with Crippen molar-refractivity contribution in [1.82, 2.24) is 14.8 Å². The summed E-state index contributed by atoms with van der Waals surface area (Å²) < 4.78 is 6.37. The average molecular weight is 231 g/mol. The van der Waals surface area contributed by atoms with Crippen LogP contribution in [0.15, 0.2) is 24.7 Å². The number of carbonyl (C=O) groups excluding carboxylic acids is 1. The Kier molecular flexibility index (Phi) is 2.91. The molecule has 0 bridgehead atoms. The van der Waals surface area contributed by atoms with Gasteiger partial charge in [-0.25, -0.2) is 9.78 Å². The number of hydrogen-bond donors (Lipinski definition) is 0. The van der Waals surface area contributed by atoms with Crippen molar-refractivity contribution < 1.29 is 9.53 Å². The lowest BCUT2D eigenvalue weighted by Gasteiger charge is -2.04. The quantitative estimate of drug-likeness (QED) is 0.736. The van der Waals surface area contributed by atoms with Gasteiger partial charge in [0.05, 0.1) is 13.3 Å². The third-order valence-electron chi connectivity index (χ3n) is 2.50. The molecule has 0 radical (unpaired) electrons. The lowest BCUT2D eigenvalue weighted by atomic mass is 10.1. The van der Waals surface area contributed by atoms with Gasteiger partial charge in [0.2, 0.25) is 0 Å². The summed E-state index contributed by atoms with van der Waals surface area (Å²) in [6, 6.07) is 1.90. The molecule has 0 unspecified atom stereocenters. The van der Waals surface area contributed by atoms with Gasteiger partial charge in [-0.05, 0) is 18.6 Å². The molecule has 0 amide bonds. The van der Waals surface area contributed by atoms with E-state index in [-0.39, 0.29) is 0 Å². The highest BCUT2D eigenvalue weighted by molar-refractivity contribution is 5.89. The Labute approximate surface area is 99.1 Å². The van der Waals surface area contributed by atoms with Crippen LogP contribution in [0.25, 0.3) is 11.1 Å². The molecule has 0 atom stereocenters. The van der Waals surface area contributed by atoms with Crippen LogP contribution in [0.1, 0.15) is 16.1 Å². The third-order valence-corrected chi connectivity index (χ3v) is 2.50. The molecule has 5 heteroatoms. The number of esters is 1. The van der Waals surface area contributed by atoms with Crippen LogP contribution >= 0.6 is 0 Å². The van der Waals surface area contributed by atoms with Crippen LogP contribution in [-0.4, -0.2) is 27.8 Å². The highest BCUT2D eigenvalue weighted by Gasteiger charge is 2.12. The molecule has 2 aromatic rings. The van der Waals surface area contributed by atoms with E-state index in [0.717, 1.165) is 16.7 Å². The highest BCUT2D eigenvalue weighted by atomic mass is 16.5. The van der Waals surface area contributed by atoms with Crippen LogP contribution < -0.4 is 0 Å². The minimum atomic E-state index is -0.416. The Morgan fingerprint density at radius 1 is 1.35 bits per heavy atom. The predicted octanol–water partition coefficient (Wildman–Crippen LogP) is 1.58. The Morgan fingerprint density at radius 3 is 2.65 bits per heavy atom. The van der Waals surface area contributed by atoms with E-state index >= 15 is 0 Å². The number of hydrogen-bond acceptors (Lipinski definition) is 4. The van der Waals surface area contributed by atoms with E-state index in [9.17, 15) is 4.79 Å². The molecule has 5 nitrogen and oxygen atoms in total. The van der Waals surface area contributed by atoms with Crippen LogP contribution in [0.2, 0.25) is 0 Å². The summed E-state index contributed by atoms with van der Waals surface area (Å²) in [4.78, 5) is 15.5. The molecular weight excluding hydrogens is 218 g/mol. The third kappa shape index (κ3) is 2.18. The van der Waals surface area contributed by atoms with Crippen LogP contribution in [0, 0.1) is 6.92 Å². The van der Waals surface area contributed by atoms with E-state index in [0.29, 0.717) is 5.69 Å². The number of methoxy groups -OCH3 is 1. The highest BCUT2D eigenvalue weighted by Crippen LogP contribution is 2.20. The van der Waals surface area contributed by atoms with E-state index in [4.69, 9.17) is 0 Å². The van der Waals surface area contributed by atoms with Crippen LogP contribution in [0.5, 0.6) is 0 Å². The molecule has 0 saturated carbocycles. The van der Waals surface area contributed by atoms with Crippen molar-refractivity contribution in [3.63, 3.8) is 0 Å². The molecule has 2 rings (SSSR count). The summed E-state index contributed by atoms with van der Waals surface area (Å²) in [6.07, 6.45) is 5.30. The maximum Gasteiger partial charge on any atom is 0.356 e. The van der Waals surface area contributed by atoms with Gasteiger partial charge in [-0.3, -0.25) is 4.68 Å². The van der Waals surface area contributed by atoms with E-state index in [1.807, 2.05) is 26.2 Å². The first-order valence-electron chi connectivity index (χ1n) is 5.16. The molecule has 0 aliphatic rings. The molecule has 0 N–H and O–H groups in total. The number of pyridine rings is 1. The van der Waals surface area contributed by atoms with Gasteiger partial charge in [0.1, 0.15) is 0 Å². The molecule has 0 saturated heterocycles. The summed E-state index contributed by atoms with van der Waals surface area (Å²) in [5.74, 6) is -0.416. The fourth-order valence-electron chi connectivity index (χ4n) is 1.61. The van der Waals surface area contributed by atoms with Crippen LogP contribution in [0.4, 0.5) is 0 Å². The van der Waals surface area contributed by atoms with Crippen molar-refractivity contribution in [2.24, 2.45) is 7.05 Å². The van der Waals surface area contributed by atoms with Crippen molar-refractivity contribution in [2.75, 3.05) is 7.11 Å². The predicted molar refractivity (Wildman–Crippen MR) is 62.5 cm³/mol. The number of nitrogens with zero attached hydrogens (tertiary/aromatic N) is 3.